The third-order valence-electron chi connectivity index (χ3n) is 4.08. The zero-order chi connectivity index (χ0) is 16.8. The first-order valence-electron chi connectivity index (χ1n) is 8.35. The molecule has 0 aliphatic carbocycles. The van der Waals surface area contributed by atoms with Gasteiger partial charge in [0.05, 0.1) is 0 Å². The second-order valence-corrected chi connectivity index (χ2v) is 6.05. The molecule has 3 rings (SSSR count). The lowest BCUT2D eigenvalue weighted by Gasteiger charge is -2.23. The summed E-state index contributed by atoms with van der Waals surface area (Å²) in [6.45, 7) is 4.40. The molecule has 0 spiro atoms. The Morgan fingerprint density at radius 1 is 1.29 bits per heavy atom. The minimum Gasteiger partial charge on any atom is -0.339 e. The van der Waals surface area contributed by atoms with Gasteiger partial charge in [-0.1, -0.05) is 35.0 Å². The molecule has 1 fully saturated rings. The maximum Gasteiger partial charge on any atom is 0.315 e. The highest BCUT2D eigenvalue weighted by molar-refractivity contribution is 5.74. The number of hydrogen-bond donors (Lipinski definition) is 3. The first-order valence-corrected chi connectivity index (χ1v) is 8.35. The van der Waals surface area contributed by atoms with Crippen molar-refractivity contribution in [2.75, 3.05) is 19.6 Å². The van der Waals surface area contributed by atoms with Gasteiger partial charge in [-0.2, -0.15) is 4.98 Å². The number of benzene rings is 1. The fourth-order valence-electron chi connectivity index (χ4n) is 2.66. The number of carbonyl (C=O) groups excluding carboxylic acids is 1. The Labute approximate surface area is 141 Å². The zero-order valence-electron chi connectivity index (χ0n) is 13.8. The molecule has 0 radical (unpaired) electrons. The Morgan fingerprint density at radius 2 is 2.04 bits per heavy atom. The van der Waals surface area contributed by atoms with Gasteiger partial charge in [-0.3, -0.25) is 0 Å². The van der Waals surface area contributed by atoms with Crippen molar-refractivity contribution in [3.05, 3.63) is 35.7 Å². The summed E-state index contributed by atoms with van der Waals surface area (Å²) < 4.78 is 5.24. The summed E-state index contributed by atoms with van der Waals surface area (Å²) in [5, 5.41) is 13.1. The number of piperidine rings is 1. The summed E-state index contributed by atoms with van der Waals surface area (Å²) in [5.41, 5.74) is 2.11. The molecule has 0 unspecified atom stereocenters. The maximum atomic E-state index is 11.9. The number of carbonyl (C=O) groups is 1. The van der Waals surface area contributed by atoms with Crippen molar-refractivity contribution in [3.8, 4) is 11.4 Å². The third kappa shape index (κ3) is 4.55. The molecule has 3 N–H and O–H groups in total. The molecule has 7 heteroatoms. The summed E-state index contributed by atoms with van der Waals surface area (Å²) in [4.78, 5) is 16.2. The minimum absolute atomic E-state index is 0.139. The molecular weight excluding hydrogens is 306 g/mol. The smallest absolute Gasteiger partial charge is 0.315 e. The van der Waals surface area contributed by atoms with E-state index in [4.69, 9.17) is 4.52 Å². The van der Waals surface area contributed by atoms with E-state index in [1.165, 1.54) is 5.56 Å². The van der Waals surface area contributed by atoms with Gasteiger partial charge >= 0.3 is 6.03 Å². The number of nitrogens with zero attached hydrogens (tertiary/aromatic N) is 2. The molecule has 128 valence electrons. The van der Waals surface area contributed by atoms with Gasteiger partial charge in [0, 0.05) is 24.6 Å². The maximum absolute atomic E-state index is 11.9. The Kier molecular flexibility index (Phi) is 5.43. The van der Waals surface area contributed by atoms with Crippen LogP contribution in [-0.2, 0) is 6.42 Å². The Bertz CT molecular complexity index is 662. The normalized spacial score (nSPS) is 15.2. The number of amides is 2. The molecule has 1 saturated heterocycles. The van der Waals surface area contributed by atoms with Crippen molar-refractivity contribution in [1.82, 2.24) is 26.1 Å². The van der Waals surface area contributed by atoms with E-state index in [-0.39, 0.29) is 12.1 Å². The van der Waals surface area contributed by atoms with Gasteiger partial charge in [0.2, 0.25) is 11.7 Å². The summed E-state index contributed by atoms with van der Waals surface area (Å²) in [5.74, 6) is 1.09. The van der Waals surface area contributed by atoms with Crippen molar-refractivity contribution < 1.29 is 9.32 Å². The summed E-state index contributed by atoms with van der Waals surface area (Å²) in [6, 6.07) is 8.07. The van der Waals surface area contributed by atoms with Gasteiger partial charge in [-0.05, 0) is 32.9 Å². The molecule has 0 saturated carbocycles. The van der Waals surface area contributed by atoms with Gasteiger partial charge in [0.1, 0.15) is 0 Å². The number of aromatic nitrogens is 2. The lowest BCUT2D eigenvalue weighted by atomic mass is 10.1. The van der Waals surface area contributed by atoms with E-state index in [2.05, 4.69) is 26.1 Å². The van der Waals surface area contributed by atoms with Gasteiger partial charge in [-0.15, -0.1) is 0 Å². The van der Waals surface area contributed by atoms with Gasteiger partial charge in [-0.25, -0.2) is 4.79 Å². The van der Waals surface area contributed by atoms with Crippen molar-refractivity contribution in [2.24, 2.45) is 0 Å². The average molecular weight is 329 g/mol. The Hall–Kier alpha value is -2.41. The van der Waals surface area contributed by atoms with E-state index < -0.39 is 0 Å². The van der Waals surface area contributed by atoms with Crippen LogP contribution in [0.4, 0.5) is 4.79 Å². The van der Waals surface area contributed by atoms with Gasteiger partial charge < -0.3 is 20.5 Å². The highest BCUT2D eigenvalue weighted by Gasteiger charge is 2.15. The van der Waals surface area contributed by atoms with E-state index >= 15 is 0 Å². The highest BCUT2D eigenvalue weighted by Crippen LogP contribution is 2.16. The van der Waals surface area contributed by atoms with Crippen molar-refractivity contribution >= 4 is 6.03 Å². The van der Waals surface area contributed by atoms with Crippen LogP contribution in [0.2, 0.25) is 0 Å². The molecule has 1 aromatic carbocycles. The molecule has 7 nitrogen and oxygen atoms in total. The summed E-state index contributed by atoms with van der Waals surface area (Å²) in [6.07, 6.45) is 2.45. The molecule has 1 aliphatic heterocycles. The van der Waals surface area contributed by atoms with Crippen LogP contribution in [0.3, 0.4) is 0 Å². The van der Waals surface area contributed by atoms with E-state index in [0.717, 1.165) is 31.5 Å². The van der Waals surface area contributed by atoms with Crippen LogP contribution in [-0.4, -0.2) is 41.8 Å². The third-order valence-corrected chi connectivity index (χ3v) is 4.08. The predicted molar refractivity (Wildman–Crippen MR) is 90.6 cm³/mol. The first-order chi connectivity index (χ1) is 11.7. The Balaban J connectivity index is 1.43. The lowest BCUT2D eigenvalue weighted by molar-refractivity contribution is 0.233. The fraction of sp³-hybridized carbons (Fsp3) is 0.471. The molecule has 1 aromatic heterocycles. The quantitative estimate of drug-likeness (QED) is 0.775. The monoisotopic (exact) mass is 329 g/mol. The van der Waals surface area contributed by atoms with Crippen LogP contribution >= 0.6 is 0 Å². The topological polar surface area (TPSA) is 92.1 Å². The van der Waals surface area contributed by atoms with Crippen molar-refractivity contribution in [2.45, 2.75) is 32.2 Å². The summed E-state index contributed by atoms with van der Waals surface area (Å²) in [7, 11) is 0. The van der Waals surface area contributed by atoms with E-state index in [9.17, 15) is 4.79 Å². The van der Waals surface area contributed by atoms with Crippen LogP contribution in [0.15, 0.2) is 28.8 Å². The van der Waals surface area contributed by atoms with Crippen LogP contribution in [0.5, 0.6) is 0 Å². The van der Waals surface area contributed by atoms with Crippen LogP contribution in [0.1, 0.15) is 24.3 Å². The molecule has 2 heterocycles. The predicted octanol–water partition coefficient (Wildman–Crippen LogP) is 1.64. The number of aryl methyl sites for hydroxylation is 1. The van der Waals surface area contributed by atoms with Crippen LogP contribution < -0.4 is 16.0 Å². The second-order valence-electron chi connectivity index (χ2n) is 6.05. The number of urea groups is 1. The van der Waals surface area contributed by atoms with Crippen LogP contribution in [0, 0.1) is 6.92 Å². The molecule has 1 aliphatic rings. The number of hydrogen-bond acceptors (Lipinski definition) is 5. The number of nitrogens with one attached hydrogen (secondary N) is 3. The molecule has 0 atom stereocenters. The van der Waals surface area contributed by atoms with Gasteiger partial charge in [0.15, 0.2) is 0 Å². The SMILES string of the molecule is Cc1ccc(-c2noc(CCNC(=O)NC3CCNCC3)n2)cc1. The molecule has 2 aromatic rings. The lowest BCUT2D eigenvalue weighted by Crippen LogP contribution is -2.47. The highest BCUT2D eigenvalue weighted by atomic mass is 16.5. The molecule has 2 amide bonds. The molecular formula is C17H23N5O2. The van der Waals surface area contributed by atoms with Gasteiger partial charge in [0.25, 0.3) is 0 Å². The first kappa shape index (κ1) is 16.4. The van der Waals surface area contributed by atoms with E-state index in [0.29, 0.717) is 24.7 Å². The molecule has 24 heavy (non-hydrogen) atoms. The zero-order valence-corrected chi connectivity index (χ0v) is 13.8. The van der Waals surface area contributed by atoms with Crippen molar-refractivity contribution in [1.29, 1.82) is 0 Å². The van der Waals surface area contributed by atoms with E-state index in [1.807, 2.05) is 31.2 Å². The minimum atomic E-state index is -0.139. The fourth-order valence-corrected chi connectivity index (χ4v) is 2.66. The average Bonchev–Trinajstić information content (AvgIpc) is 3.05. The van der Waals surface area contributed by atoms with E-state index in [1.54, 1.807) is 0 Å². The summed E-state index contributed by atoms with van der Waals surface area (Å²) >= 11 is 0. The van der Waals surface area contributed by atoms with Crippen LogP contribution in [0.25, 0.3) is 11.4 Å². The second kappa shape index (κ2) is 7.92. The standard InChI is InChI=1S/C17H23N5O2/c1-12-2-4-13(5-3-12)16-21-15(24-22-16)8-11-19-17(23)20-14-6-9-18-10-7-14/h2-5,14,18H,6-11H2,1H3,(H2,19,20,23). The number of rotatable bonds is 5. The Morgan fingerprint density at radius 3 is 2.79 bits per heavy atom. The largest absolute Gasteiger partial charge is 0.339 e. The molecule has 0 bridgehead atoms. The van der Waals surface area contributed by atoms with Crippen molar-refractivity contribution in [3.63, 3.8) is 0 Å².